The van der Waals surface area contributed by atoms with Gasteiger partial charge in [-0.2, -0.15) is 0 Å². The first-order valence-electron chi connectivity index (χ1n) is 7.34. The van der Waals surface area contributed by atoms with Gasteiger partial charge in [-0.15, -0.1) is 0 Å². The number of hydrogen-bond acceptors (Lipinski definition) is 3. The van der Waals surface area contributed by atoms with E-state index in [1.807, 2.05) is 0 Å². The van der Waals surface area contributed by atoms with Crippen LogP contribution in [-0.4, -0.2) is 25.5 Å². The molecule has 1 aliphatic heterocycles. The van der Waals surface area contributed by atoms with E-state index in [0.29, 0.717) is 18.5 Å². The van der Waals surface area contributed by atoms with E-state index in [-0.39, 0.29) is 24.1 Å². The maximum atomic E-state index is 12.9. The van der Waals surface area contributed by atoms with Gasteiger partial charge in [0.25, 0.3) is 0 Å². The number of esters is 1. The number of carbonyl (C=O) groups excluding carboxylic acids is 2. The molecule has 23 heavy (non-hydrogen) atoms. The van der Waals surface area contributed by atoms with Gasteiger partial charge < -0.3 is 9.64 Å². The number of nitrogens with zero attached hydrogens (tertiary/aromatic N) is 1. The molecule has 0 saturated carbocycles. The number of carbonyl (C=O) groups is 2. The molecule has 2 aromatic rings. The van der Waals surface area contributed by atoms with Crippen LogP contribution in [0.5, 0.6) is 0 Å². The lowest BCUT2D eigenvalue weighted by molar-refractivity contribution is -0.117. The number of ether oxygens (including phenoxy) is 1. The van der Waals surface area contributed by atoms with E-state index >= 15 is 0 Å². The second-order valence-electron chi connectivity index (χ2n) is 5.43. The molecular formula is C18H16FNO3. The van der Waals surface area contributed by atoms with Crippen LogP contribution < -0.4 is 4.90 Å². The zero-order valence-electron chi connectivity index (χ0n) is 12.7. The molecule has 0 bridgehead atoms. The van der Waals surface area contributed by atoms with Gasteiger partial charge in [0.1, 0.15) is 5.82 Å². The monoisotopic (exact) mass is 313 g/mol. The molecular weight excluding hydrogens is 297 g/mol. The largest absolute Gasteiger partial charge is 0.465 e. The second-order valence-corrected chi connectivity index (χ2v) is 5.43. The third-order valence-electron chi connectivity index (χ3n) is 3.97. The van der Waals surface area contributed by atoms with Crippen LogP contribution in [0.1, 0.15) is 21.5 Å². The lowest BCUT2D eigenvalue weighted by Crippen LogP contribution is -2.30. The normalized spacial score (nSPS) is 12.9. The number of benzene rings is 2. The summed E-state index contributed by atoms with van der Waals surface area (Å²) >= 11 is 0. The van der Waals surface area contributed by atoms with Crippen molar-refractivity contribution in [1.29, 1.82) is 0 Å². The molecule has 0 aromatic heterocycles. The van der Waals surface area contributed by atoms with E-state index in [0.717, 1.165) is 16.8 Å². The Balaban J connectivity index is 1.77. The fourth-order valence-corrected chi connectivity index (χ4v) is 2.78. The molecule has 1 amide bonds. The van der Waals surface area contributed by atoms with Gasteiger partial charge in [0.15, 0.2) is 0 Å². The van der Waals surface area contributed by atoms with Gasteiger partial charge in [-0.25, -0.2) is 9.18 Å². The third kappa shape index (κ3) is 3.08. The number of fused-ring (bicyclic) bond motifs is 1. The minimum Gasteiger partial charge on any atom is -0.465 e. The molecule has 0 atom stereocenters. The van der Waals surface area contributed by atoms with E-state index in [1.54, 1.807) is 35.2 Å². The Labute approximate surface area is 133 Å². The van der Waals surface area contributed by atoms with Crippen molar-refractivity contribution in [3.05, 3.63) is 65.0 Å². The smallest absolute Gasteiger partial charge is 0.337 e. The molecule has 0 radical (unpaired) electrons. The lowest BCUT2D eigenvalue weighted by Gasteiger charge is -2.17. The van der Waals surface area contributed by atoms with Crippen LogP contribution in [0.4, 0.5) is 10.1 Å². The van der Waals surface area contributed by atoms with Crippen LogP contribution in [0.25, 0.3) is 0 Å². The molecule has 0 fully saturated rings. The quantitative estimate of drug-likeness (QED) is 0.819. The van der Waals surface area contributed by atoms with Crippen LogP contribution in [0.3, 0.4) is 0 Å². The summed E-state index contributed by atoms with van der Waals surface area (Å²) < 4.78 is 17.6. The minimum absolute atomic E-state index is 0.0406. The van der Waals surface area contributed by atoms with Crippen molar-refractivity contribution in [3.63, 3.8) is 0 Å². The highest BCUT2D eigenvalue weighted by Crippen LogP contribution is 2.29. The Morgan fingerprint density at radius 2 is 1.91 bits per heavy atom. The summed E-state index contributed by atoms with van der Waals surface area (Å²) in [6.45, 7) is 0.583. The first-order chi connectivity index (χ1) is 11.1. The molecule has 0 saturated heterocycles. The number of hydrogen-bond donors (Lipinski definition) is 0. The van der Waals surface area contributed by atoms with Crippen LogP contribution >= 0.6 is 0 Å². The summed E-state index contributed by atoms with van der Waals surface area (Å²) in [6, 6.07) is 11.1. The van der Waals surface area contributed by atoms with E-state index in [4.69, 9.17) is 4.74 Å². The summed E-state index contributed by atoms with van der Waals surface area (Å²) in [5.41, 5.74) is 3.04. The summed E-state index contributed by atoms with van der Waals surface area (Å²) in [4.78, 5) is 25.7. The van der Waals surface area contributed by atoms with E-state index in [9.17, 15) is 14.0 Å². The second kappa shape index (κ2) is 6.20. The Bertz CT molecular complexity index is 755. The number of rotatable bonds is 3. The van der Waals surface area contributed by atoms with Gasteiger partial charge in [0, 0.05) is 12.2 Å². The van der Waals surface area contributed by atoms with Crippen molar-refractivity contribution in [2.24, 2.45) is 0 Å². The zero-order chi connectivity index (χ0) is 16.4. The first kappa shape index (κ1) is 15.2. The number of halogens is 1. The maximum Gasteiger partial charge on any atom is 0.337 e. The summed E-state index contributed by atoms with van der Waals surface area (Å²) in [6.07, 6.45) is 0.924. The highest BCUT2D eigenvalue weighted by atomic mass is 19.1. The summed E-state index contributed by atoms with van der Waals surface area (Å²) in [5.74, 6) is -0.742. The molecule has 0 N–H and O–H groups in total. The molecule has 0 aliphatic carbocycles. The van der Waals surface area contributed by atoms with E-state index in [1.165, 1.54) is 19.2 Å². The summed E-state index contributed by atoms with van der Waals surface area (Å²) in [7, 11) is 1.34. The fourth-order valence-electron chi connectivity index (χ4n) is 2.78. The average Bonchev–Trinajstić information content (AvgIpc) is 2.99. The van der Waals surface area contributed by atoms with Crippen LogP contribution in [-0.2, 0) is 22.4 Å². The van der Waals surface area contributed by atoms with Crippen molar-refractivity contribution in [1.82, 2.24) is 0 Å². The molecule has 0 spiro atoms. The lowest BCUT2D eigenvalue weighted by atomic mass is 10.1. The predicted molar refractivity (Wildman–Crippen MR) is 83.9 cm³/mol. The van der Waals surface area contributed by atoms with Gasteiger partial charge >= 0.3 is 5.97 Å². The Morgan fingerprint density at radius 3 is 2.61 bits per heavy atom. The highest BCUT2D eigenvalue weighted by molar-refractivity contribution is 5.98. The molecule has 0 unspecified atom stereocenters. The number of anilines is 1. The predicted octanol–water partition coefficient (Wildman–Crippen LogP) is 2.74. The fraction of sp³-hybridized carbons (Fsp3) is 0.222. The first-order valence-corrected chi connectivity index (χ1v) is 7.34. The van der Waals surface area contributed by atoms with Crippen LogP contribution in [0.15, 0.2) is 42.5 Å². The van der Waals surface area contributed by atoms with Crippen molar-refractivity contribution in [2.75, 3.05) is 18.6 Å². The molecule has 5 heteroatoms. The molecule has 3 rings (SSSR count). The van der Waals surface area contributed by atoms with Crippen LogP contribution in [0.2, 0.25) is 0 Å². The van der Waals surface area contributed by atoms with Gasteiger partial charge in [0.05, 0.1) is 19.1 Å². The Morgan fingerprint density at radius 1 is 1.17 bits per heavy atom. The Hall–Kier alpha value is -2.69. The molecule has 1 heterocycles. The average molecular weight is 313 g/mol. The van der Waals surface area contributed by atoms with Crippen molar-refractivity contribution < 1.29 is 18.7 Å². The number of methoxy groups -OCH3 is 1. The van der Waals surface area contributed by atoms with Crippen molar-refractivity contribution in [2.45, 2.75) is 12.8 Å². The highest BCUT2D eigenvalue weighted by Gasteiger charge is 2.25. The maximum absolute atomic E-state index is 12.9. The zero-order valence-corrected chi connectivity index (χ0v) is 12.7. The van der Waals surface area contributed by atoms with Gasteiger partial charge in [0.2, 0.25) is 5.91 Å². The molecule has 118 valence electrons. The molecule has 1 aliphatic rings. The third-order valence-corrected chi connectivity index (χ3v) is 3.97. The van der Waals surface area contributed by atoms with Crippen molar-refractivity contribution in [3.8, 4) is 0 Å². The summed E-state index contributed by atoms with van der Waals surface area (Å²) in [5, 5.41) is 0. The SMILES string of the molecule is COC(=O)c1ccc2c(c1)CCN2C(=O)Cc1ccc(F)cc1. The van der Waals surface area contributed by atoms with Gasteiger partial charge in [-0.05, 0) is 47.9 Å². The molecule has 4 nitrogen and oxygen atoms in total. The van der Waals surface area contributed by atoms with E-state index in [2.05, 4.69) is 0 Å². The standard InChI is InChI=1S/C18H16FNO3/c1-23-18(22)14-4-7-16-13(11-14)8-9-20(16)17(21)10-12-2-5-15(19)6-3-12/h2-7,11H,8-10H2,1H3. The van der Waals surface area contributed by atoms with Crippen LogP contribution in [0, 0.1) is 5.82 Å². The van der Waals surface area contributed by atoms with E-state index < -0.39 is 0 Å². The number of amides is 1. The van der Waals surface area contributed by atoms with Crippen molar-refractivity contribution >= 4 is 17.6 Å². The minimum atomic E-state index is -0.385. The molecule has 2 aromatic carbocycles. The Kier molecular flexibility index (Phi) is 4.10. The topological polar surface area (TPSA) is 46.6 Å². The van der Waals surface area contributed by atoms with Gasteiger partial charge in [-0.3, -0.25) is 4.79 Å². The van der Waals surface area contributed by atoms with Gasteiger partial charge in [-0.1, -0.05) is 12.1 Å².